The van der Waals surface area contributed by atoms with Gasteiger partial charge in [-0.25, -0.2) is 0 Å². The molecule has 0 radical (unpaired) electrons. The maximum absolute atomic E-state index is 11.8. The Hall–Kier alpha value is -1.06. The van der Waals surface area contributed by atoms with Crippen molar-refractivity contribution >= 4 is 11.9 Å². The number of carbonyl (C=O) groups is 2. The predicted octanol–water partition coefficient (Wildman–Crippen LogP) is 6.95. The van der Waals surface area contributed by atoms with Crippen molar-refractivity contribution in [3.63, 3.8) is 0 Å². The van der Waals surface area contributed by atoms with Crippen LogP contribution in [0.15, 0.2) is 0 Å². The maximum atomic E-state index is 11.8. The summed E-state index contributed by atoms with van der Waals surface area (Å²) in [6, 6.07) is 0. The average molecular weight is 473 g/mol. The lowest BCUT2D eigenvalue weighted by Gasteiger charge is -2.69. The smallest absolute Gasteiger partial charge is 0.302 e. The van der Waals surface area contributed by atoms with E-state index in [1.54, 1.807) is 13.8 Å². The predicted molar refractivity (Wildman–Crippen MR) is 133 cm³/mol. The number of hydrogen-bond donors (Lipinski definition) is 0. The van der Waals surface area contributed by atoms with Crippen molar-refractivity contribution in [1.82, 2.24) is 0 Å². The van der Waals surface area contributed by atoms with E-state index in [-0.39, 0.29) is 28.9 Å². The molecule has 5 fully saturated rings. The molecule has 0 aromatic carbocycles. The van der Waals surface area contributed by atoms with Crippen LogP contribution in [0, 0.1) is 51.2 Å². The van der Waals surface area contributed by atoms with Gasteiger partial charge in [0.15, 0.2) is 0 Å². The summed E-state index contributed by atoms with van der Waals surface area (Å²) in [4.78, 5) is 23.5. The van der Waals surface area contributed by atoms with Gasteiger partial charge in [-0.1, -0.05) is 34.1 Å². The zero-order valence-electron chi connectivity index (χ0n) is 22.6. The molecule has 0 aliphatic heterocycles. The van der Waals surface area contributed by atoms with Crippen molar-refractivity contribution in [3.8, 4) is 0 Å². The minimum Gasteiger partial charge on any atom is -0.465 e. The monoisotopic (exact) mass is 472 g/mol. The Morgan fingerprint density at radius 3 is 2.18 bits per heavy atom. The molecule has 0 bridgehead atoms. The molecule has 0 aromatic heterocycles. The molecule has 5 rings (SSSR count). The number of hydrogen-bond acceptors (Lipinski definition) is 4. The molecule has 34 heavy (non-hydrogen) atoms. The fourth-order valence-corrected chi connectivity index (χ4v) is 11.2. The molecule has 4 unspecified atom stereocenters. The van der Waals surface area contributed by atoms with Crippen LogP contribution in [-0.2, 0) is 19.1 Å². The van der Waals surface area contributed by atoms with Crippen LogP contribution < -0.4 is 0 Å². The number of carbonyl (C=O) groups excluding carboxylic acids is 2. The molecule has 5 aliphatic carbocycles. The second-order valence-electron chi connectivity index (χ2n) is 14.1. The van der Waals surface area contributed by atoms with Crippen LogP contribution in [0.3, 0.4) is 0 Å². The first-order chi connectivity index (χ1) is 15.9. The van der Waals surface area contributed by atoms with E-state index < -0.39 is 0 Å². The Labute approximate surface area is 207 Å². The lowest BCUT2D eigenvalue weighted by atomic mass is 9.36. The number of esters is 2. The van der Waals surface area contributed by atoms with Gasteiger partial charge in [-0.15, -0.1) is 0 Å². The van der Waals surface area contributed by atoms with E-state index in [1.807, 2.05) is 0 Å². The van der Waals surface area contributed by atoms with Gasteiger partial charge in [0, 0.05) is 24.7 Å². The van der Waals surface area contributed by atoms with Crippen molar-refractivity contribution in [3.05, 3.63) is 0 Å². The van der Waals surface area contributed by atoms with Gasteiger partial charge in [0.1, 0.15) is 6.10 Å². The first kappa shape index (κ1) is 24.6. The summed E-state index contributed by atoms with van der Waals surface area (Å²) < 4.78 is 11.5. The van der Waals surface area contributed by atoms with Crippen LogP contribution in [0.1, 0.15) is 112 Å². The largest absolute Gasteiger partial charge is 0.465 e. The Balaban J connectivity index is 1.40. The van der Waals surface area contributed by atoms with Crippen LogP contribution in [-0.4, -0.2) is 24.6 Å². The molecule has 0 aromatic rings. The molecular weight excluding hydrogens is 424 g/mol. The van der Waals surface area contributed by atoms with Gasteiger partial charge in [0.25, 0.3) is 0 Å². The van der Waals surface area contributed by atoms with Crippen molar-refractivity contribution in [2.75, 3.05) is 6.61 Å². The molecule has 0 saturated heterocycles. The Kier molecular flexibility index (Phi) is 5.96. The van der Waals surface area contributed by atoms with Gasteiger partial charge < -0.3 is 9.47 Å². The van der Waals surface area contributed by atoms with Gasteiger partial charge >= 0.3 is 11.9 Å². The van der Waals surface area contributed by atoms with Gasteiger partial charge in [-0.2, -0.15) is 0 Å². The molecule has 192 valence electrons. The Bertz CT molecular complexity index is 834. The molecule has 5 aliphatic rings. The van der Waals surface area contributed by atoms with Crippen LogP contribution in [0.5, 0.6) is 0 Å². The van der Waals surface area contributed by atoms with E-state index >= 15 is 0 Å². The van der Waals surface area contributed by atoms with E-state index in [9.17, 15) is 9.59 Å². The molecule has 9 atom stereocenters. The van der Waals surface area contributed by atoms with Gasteiger partial charge in [0.2, 0.25) is 0 Å². The number of rotatable bonds is 3. The van der Waals surface area contributed by atoms with Crippen LogP contribution in [0.25, 0.3) is 0 Å². The molecule has 4 heteroatoms. The van der Waals surface area contributed by atoms with Crippen molar-refractivity contribution < 1.29 is 19.1 Å². The molecule has 0 heterocycles. The van der Waals surface area contributed by atoms with Crippen molar-refractivity contribution in [1.29, 1.82) is 0 Å². The third-order valence-electron chi connectivity index (χ3n) is 12.5. The topological polar surface area (TPSA) is 52.6 Å². The van der Waals surface area contributed by atoms with Gasteiger partial charge in [-0.3, -0.25) is 9.59 Å². The third kappa shape index (κ3) is 3.51. The minimum absolute atomic E-state index is 0.0358. The second kappa shape index (κ2) is 8.23. The van der Waals surface area contributed by atoms with E-state index in [4.69, 9.17) is 9.47 Å². The number of fused-ring (bicyclic) bond motifs is 7. The van der Waals surface area contributed by atoms with Crippen molar-refractivity contribution in [2.24, 2.45) is 51.2 Å². The standard InChI is InChI=1S/C30H48O4/c1-19(31)33-18-30-14-7-8-23(30)21-9-10-25-28(5,22(21)11-17-30)15-12-24-27(3,4)26(34-20(2)32)13-16-29(24,25)6/h21-26H,7-18H2,1-6H3/t21-,22?,23?,24?,25?,26-,28-,29-,30+/m0/s1. The first-order valence-electron chi connectivity index (χ1n) is 14.2. The highest BCUT2D eigenvalue weighted by Crippen LogP contribution is 2.73. The highest BCUT2D eigenvalue weighted by Gasteiger charge is 2.66. The zero-order valence-corrected chi connectivity index (χ0v) is 22.6. The SMILES string of the molecule is CC(=O)OC[C@]12CCCC1[C@H]1CCC3[C@@](C)(CCC4C(C)(C)[C@@H](OC(C)=O)CC[C@@]43C)C1CC2. The Morgan fingerprint density at radius 1 is 0.735 bits per heavy atom. The first-order valence-corrected chi connectivity index (χ1v) is 14.2. The van der Waals surface area contributed by atoms with Crippen LogP contribution in [0.4, 0.5) is 0 Å². The molecule has 4 nitrogen and oxygen atoms in total. The highest BCUT2D eigenvalue weighted by molar-refractivity contribution is 5.66. The molecular formula is C30H48O4. The summed E-state index contributed by atoms with van der Waals surface area (Å²) in [5, 5.41) is 0. The third-order valence-corrected chi connectivity index (χ3v) is 12.5. The summed E-state index contributed by atoms with van der Waals surface area (Å²) >= 11 is 0. The maximum Gasteiger partial charge on any atom is 0.302 e. The van der Waals surface area contributed by atoms with Crippen LogP contribution in [0.2, 0.25) is 0 Å². The molecule has 0 N–H and O–H groups in total. The van der Waals surface area contributed by atoms with E-state index in [1.165, 1.54) is 64.2 Å². The molecule has 0 spiro atoms. The van der Waals surface area contributed by atoms with E-state index in [0.717, 1.165) is 30.1 Å². The summed E-state index contributed by atoms with van der Waals surface area (Å²) in [6.45, 7) is 13.8. The normalized spacial score (nSPS) is 49.1. The summed E-state index contributed by atoms with van der Waals surface area (Å²) in [5.74, 6) is 3.50. The average Bonchev–Trinajstić information content (AvgIpc) is 3.18. The summed E-state index contributed by atoms with van der Waals surface area (Å²) in [5.41, 5.74) is 1.03. The summed E-state index contributed by atoms with van der Waals surface area (Å²) in [7, 11) is 0. The number of ether oxygens (including phenoxy) is 2. The Morgan fingerprint density at radius 2 is 1.47 bits per heavy atom. The van der Waals surface area contributed by atoms with Crippen LogP contribution >= 0.6 is 0 Å². The van der Waals surface area contributed by atoms with E-state index in [2.05, 4.69) is 27.7 Å². The van der Waals surface area contributed by atoms with Crippen molar-refractivity contribution in [2.45, 2.75) is 118 Å². The quantitative estimate of drug-likeness (QED) is 0.417. The molecule has 5 saturated carbocycles. The fraction of sp³-hybridized carbons (Fsp3) is 0.933. The molecule has 0 amide bonds. The van der Waals surface area contributed by atoms with E-state index in [0.29, 0.717) is 23.4 Å². The minimum atomic E-state index is -0.126. The summed E-state index contributed by atoms with van der Waals surface area (Å²) in [6.07, 6.45) is 14.0. The van der Waals surface area contributed by atoms with Gasteiger partial charge in [-0.05, 0) is 105 Å². The highest BCUT2D eigenvalue weighted by atomic mass is 16.5. The second-order valence-corrected chi connectivity index (χ2v) is 14.1. The fourth-order valence-electron chi connectivity index (χ4n) is 11.2. The van der Waals surface area contributed by atoms with Gasteiger partial charge in [0.05, 0.1) is 6.61 Å². The zero-order chi connectivity index (χ0) is 24.5. The lowest BCUT2D eigenvalue weighted by Crippen LogP contribution is -2.63. The lowest BCUT2D eigenvalue weighted by molar-refractivity contribution is -0.222.